The molecule has 0 saturated carbocycles. The summed E-state index contributed by atoms with van der Waals surface area (Å²) >= 11 is 0. The van der Waals surface area contributed by atoms with E-state index in [1.54, 1.807) is 0 Å². The first kappa shape index (κ1) is 15.7. The molecule has 2 fully saturated rings. The number of β-amino-alcohol motifs (C(OH)–C–C–N with tert-alkyl or cyclic N) is 1. The van der Waals surface area contributed by atoms with Crippen molar-refractivity contribution >= 4 is 5.91 Å². The third-order valence-corrected chi connectivity index (χ3v) is 4.19. The molecule has 2 saturated heterocycles. The number of hydrogen-bond acceptors (Lipinski definition) is 5. The Bertz CT molecular complexity index is 332. The average Bonchev–Trinajstić information content (AvgIpc) is 2.78. The second kappa shape index (κ2) is 6.85. The van der Waals surface area contributed by atoms with Gasteiger partial charge in [-0.25, -0.2) is 0 Å². The maximum Gasteiger partial charge on any atom is 0.239 e. The van der Waals surface area contributed by atoms with Crippen LogP contribution in [0.3, 0.4) is 0 Å². The van der Waals surface area contributed by atoms with Crippen molar-refractivity contribution in [2.75, 3.05) is 53.5 Å². The molecule has 0 aromatic carbocycles. The second-order valence-electron chi connectivity index (χ2n) is 6.12. The summed E-state index contributed by atoms with van der Waals surface area (Å²) in [4.78, 5) is 18.7. The van der Waals surface area contributed by atoms with Crippen LogP contribution >= 0.6 is 0 Å². The molecule has 20 heavy (non-hydrogen) atoms. The monoisotopic (exact) mass is 285 g/mol. The number of nitrogens with zero attached hydrogens (tertiary/aromatic N) is 3. The van der Waals surface area contributed by atoms with Crippen LogP contribution in [0, 0.1) is 0 Å². The van der Waals surface area contributed by atoms with Gasteiger partial charge in [0.05, 0.1) is 25.4 Å². The molecule has 3 atom stereocenters. The van der Waals surface area contributed by atoms with Gasteiger partial charge < -0.3 is 19.6 Å². The molecular weight excluding hydrogens is 258 g/mol. The Morgan fingerprint density at radius 2 is 2.05 bits per heavy atom. The molecule has 0 bridgehead atoms. The van der Waals surface area contributed by atoms with E-state index in [0.29, 0.717) is 32.8 Å². The zero-order chi connectivity index (χ0) is 14.7. The fourth-order valence-corrected chi connectivity index (χ4v) is 3.18. The molecule has 3 unspecified atom stereocenters. The molecule has 0 spiro atoms. The highest BCUT2D eigenvalue weighted by atomic mass is 16.5. The van der Waals surface area contributed by atoms with E-state index in [4.69, 9.17) is 4.74 Å². The molecule has 0 aromatic rings. The molecule has 1 amide bonds. The number of aliphatic hydroxyl groups excluding tert-OH is 1. The number of morpholine rings is 1. The molecule has 2 aliphatic rings. The minimum absolute atomic E-state index is 0.158. The maximum absolute atomic E-state index is 12.6. The van der Waals surface area contributed by atoms with Gasteiger partial charge >= 0.3 is 0 Å². The lowest BCUT2D eigenvalue weighted by molar-refractivity contribution is -0.141. The molecule has 1 N–H and O–H groups in total. The van der Waals surface area contributed by atoms with Crippen molar-refractivity contribution in [2.24, 2.45) is 0 Å². The number of hydrogen-bond donors (Lipinski definition) is 1. The van der Waals surface area contributed by atoms with E-state index in [-0.39, 0.29) is 24.1 Å². The summed E-state index contributed by atoms with van der Waals surface area (Å²) in [6, 6.07) is 0.0789. The highest BCUT2D eigenvalue weighted by molar-refractivity contribution is 5.81. The number of rotatable bonds is 4. The molecule has 6 nitrogen and oxygen atoms in total. The summed E-state index contributed by atoms with van der Waals surface area (Å²) < 4.78 is 5.29. The van der Waals surface area contributed by atoms with Gasteiger partial charge in [-0.3, -0.25) is 9.69 Å². The Labute approximate surface area is 121 Å². The van der Waals surface area contributed by atoms with Crippen LogP contribution in [0.5, 0.6) is 0 Å². The smallest absolute Gasteiger partial charge is 0.239 e. The highest BCUT2D eigenvalue weighted by Crippen LogP contribution is 2.22. The number of amides is 1. The van der Waals surface area contributed by atoms with Crippen LogP contribution in [-0.4, -0.2) is 97.4 Å². The topological polar surface area (TPSA) is 56.3 Å². The van der Waals surface area contributed by atoms with Crippen LogP contribution in [0.15, 0.2) is 0 Å². The van der Waals surface area contributed by atoms with Gasteiger partial charge in [0.2, 0.25) is 5.91 Å². The Morgan fingerprint density at radius 1 is 1.40 bits per heavy atom. The van der Waals surface area contributed by atoms with Crippen LogP contribution in [0.25, 0.3) is 0 Å². The SMILES string of the molecule is CC(C(=O)N1CCOCC1)N1CC(O)CC1CN(C)C. The number of aliphatic hydroxyl groups is 1. The second-order valence-corrected chi connectivity index (χ2v) is 6.12. The number of carbonyl (C=O) groups excluding carboxylic acids is 1. The van der Waals surface area contributed by atoms with Crippen molar-refractivity contribution in [3.8, 4) is 0 Å². The molecule has 2 heterocycles. The van der Waals surface area contributed by atoms with Gasteiger partial charge in [0.25, 0.3) is 0 Å². The fraction of sp³-hybridized carbons (Fsp3) is 0.929. The molecular formula is C14H27N3O3. The lowest BCUT2D eigenvalue weighted by atomic mass is 10.1. The van der Waals surface area contributed by atoms with Gasteiger partial charge in [-0.2, -0.15) is 0 Å². The molecule has 6 heteroatoms. The number of likely N-dealkylation sites (N-methyl/N-ethyl adjacent to an activating group) is 1. The molecule has 2 rings (SSSR count). The minimum atomic E-state index is -0.320. The van der Waals surface area contributed by atoms with Crippen molar-refractivity contribution < 1.29 is 14.6 Å². The number of ether oxygens (including phenoxy) is 1. The third kappa shape index (κ3) is 3.69. The summed E-state index contributed by atoms with van der Waals surface area (Å²) in [5.74, 6) is 0.158. The van der Waals surface area contributed by atoms with Crippen LogP contribution in [-0.2, 0) is 9.53 Å². The van der Waals surface area contributed by atoms with Gasteiger partial charge in [-0.1, -0.05) is 0 Å². The van der Waals surface area contributed by atoms with Crippen molar-refractivity contribution in [3.05, 3.63) is 0 Å². The van der Waals surface area contributed by atoms with Crippen LogP contribution in [0.2, 0.25) is 0 Å². The summed E-state index contributed by atoms with van der Waals surface area (Å²) in [6.45, 7) is 6.03. The zero-order valence-electron chi connectivity index (χ0n) is 12.8. The summed E-state index contributed by atoms with van der Waals surface area (Å²) in [6.07, 6.45) is 0.429. The lowest BCUT2D eigenvalue weighted by Crippen LogP contribution is -2.53. The average molecular weight is 285 g/mol. The van der Waals surface area contributed by atoms with Crippen LogP contribution in [0.4, 0.5) is 0 Å². The summed E-state index contributed by atoms with van der Waals surface area (Å²) in [5.41, 5.74) is 0. The largest absolute Gasteiger partial charge is 0.392 e. The zero-order valence-corrected chi connectivity index (χ0v) is 12.8. The standard InChI is InChI=1S/C14H27N3O3/c1-11(14(19)16-4-6-20-7-5-16)17-10-13(18)8-12(17)9-15(2)3/h11-13,18H,4-10H2,1-3H3. The Morgan fingerprint density at radius 3 is 2.65 bits per heavy atom. The predicted molar refractivity (Wildman–Crippen MR) is 76.5 cm³/mol. The number of likely N-dealkylation sites (tertiary alicyclic amines) is 1. The van der Waals surface area contributed by atoms with Gasteiger partial charge in [-0.15, -0.1) is 0 Å². The van der Waals surface area contributed by atoms with E-state index < -0.39 is 0 Å². The first-order valence-corrected chi connectivity index (χ1v) is 7.44. The van der Waals surface area contributed by atoms with E-state index in [9.17, 15) is 9.90 Å². The van der Waals surface area contributed by atoms with E-state index in [1.165, 1.54) is 0 Å². The molecule has 0 aliphatic carbocycles. The van der Waals surface area contributed by atoms with E-state index >= 15 is 0 Å². The Kier molecular flexibility index (Phi) is 5.37. The normalized spacial score (nSPS) is 29.9. The molecule has 2 aliphatic heterocycles. The lowest BCUT2D eigenvalue weighted by Gasteiger charge is -2.35. The first-order chi connectivity index (χ1) is 9.49. The van der Waals surface area contributed by atoms with Crippen molar-refractivity contribution in [1.29, 1.82) is 0 Å². The first-order valence-electron chi connectivity index (χ1n) is 7.44. The van der Waals surface area contributed by atoms with Gasteiger partial charge in [0.15, 0.2) is 0 Å². The maximum atomic E-state index is 12.6. The summed E-state index contributed by atoms with van der Waals surface area (Å²) in [7, 11) is 4.05. The van der Waals surface area contributed by atoms with Crippen molar-refractivity contribution in [1.82, 2.24) is 14.7 Å². The highest BCUT2D eigenvalue weighted by Gasteiger charge is 2.38. The van der Waals surface area contributed by atoms with Gasteiger partial charge in [0.1, 0.15) is 0 Å². The Hall–Kier alpha value is -0.690. The third-order valence-electron chi connectivity index (χ3n) is 4.19. The van der Waals surface area contributed by atoms with E-state index in [2.05, 4.69) is 9.80 Å². The van der Waals surface area contributed by atoms with E-state index in [1.807, 2.05) is 25.9 Å². The van der Waals surface area contributed by atoms with Crippen molar-refractivity contribution in [2.45, 2.75) is 31.5 Å². The Balaban J connectivity index is 1.98. The summed E-state index contributed by atoms with van der Waals surface area (Å²) in [5, 5.41) is 9.92. The van der Waals surface area contributed by atoms with Gasteiger partial charge in [-0.05, 0) is 27.4 Å². The predicted octanol–water partition coefficient (Wildman–Crippen LogP) is -0.769. The van der Waals surface area contributed by atoms with Gasteiger partial charge in [0, 0.05) is 32.2 Å². The molecule has 116 valence electrons. The quantitative estimate of drug-likeness (QED) is 0.735. The number of carbonyl (C=O) groups is 1. The van der Waals surface area contributed by atoms with Crippen LogP contribution in [0.1, 0.15) is 13.3 Å². The molecule has 0 aromatic heterocycles. The van der Waals surface area contributed by atoms with Crippen molar-refractivity contribution in [3.63, 3.8) is 0 Å². The van der Waals surface area contributed by atoms with Crippen LogP contribution < -0.4 is 0 Å². The molecule has 0 radical (unpaired) electrons. The fourth-order valence-electron chi connectivity index (χ4n) is 3.18. The van der Waals surface area contributed by atoms with E-state index in [0.717, 1.165) is 13.0 Å². The minimum Gasteiger partial charge on any atom is -0.392 e.